The normalized spacial score (nSPS) is 19.4. The van der Waals surface area contributed by atoms with Gasteiger partial charge in [0.05, 0.1) is 36.1 Å². The van der Waals surface area contributed by atoms with Crippen molar-refractivity contribution in [1.29, 1.82) is 0 Å². The number of hydrogen-bond donors (Lipinski definition) is 0. The van der Waals surface area contributed by atoms with Crippen LogP contribution >= 0.6 is 0 Å². The van der Waals surface area contributed by atoms with E-state index in [2.05, 4.69) is 0 Å². The molecule has 2 heterocycles. The fourth-order valence-electron chi connectivity index (χ4n) is 3.94. The maximum atomic E-state index is 13.5. The zero-order valence-corrected chi connectivity index (χ0v) is 17.3. The van der Waals surface area contributed by atoms with E-state index < -0.39 is 0 Å². The van der Waals surface area contributed by atoms with Gasteiger partial charge in [-0.25, -0.2) is 4.98 Å². The first-order chi connectivity index (χ1) is 13.9. The van der Waals surface area contributed by atoms with Crippen LogP contribution in [0, 0.1) is 6.92 Å². The molecule has 0 N–H and O–H groups in total. The van der Waals surface area contributed by atoms with Gasteiger partial charge in [0.2, 0.25) is 0 Å². The Morgan fingerprint density at radius 1 is 1.07 bits per heavy atom. The first kappa shape index (κ1) is 19.4. The Morgan fingerprint density at radius 3 is 2.41 bits per heavy atom. The van der Waals surface area contributed by atoms with Gasteiger partial charge < -0.3 is 14.4 Å². The largest absolute Gasteiger partial charge is 0.497 e. The highest BCUT2D eigenvalue weighted by atomic mass is 16.5. The minimum absolute atomic E-state index is 0.0265. The monoisotopic (exact) mass is 390 g/mol. The van der Waals surface area contributed by atoms with Crippen LogP contribution in [-0.2, 0) is 4.74 Å². The van der Waals surface area contributed by atoms with Crippen molar-refractivity contribution in [3.63, 3.8) is 0 Å². The summed E-state index contributed by atoms with van der Waals surface area (Å²) in [6.45, 7) is 7.23. The Bertz CT molecular complexity index is 1040. The summed E-state index contributed by atoms with van der Waals surface area (Å²) < 4.78 is 11.1. The molecule has 1 aromatic heterocycles. The van der Waals surface area contributed by atoms with Crippen LogP contribution in [0.5, 0.6) is 5.75 Å². The number of benzene rings is 2. The topological polar surface area (TPSA) is 51.7 Å². The van der Waals surface area contributed by atoms with E-state index in [-0.39, 0.29) is 18.1 Å². The van der Waals surface area contributed by atoms with Crippen molar-refractivity contribution in [2.24, 2.45) is 0 Å². The zero-order chi connectivity index (χ0) is 20.5. The summed E-state index contributed by atoms with van der Waals surface area (Å²) in [4.78, 5) is 20.2. The smallest absolute Gasteiger partial charge is 0.254 e. The van der Waals surface area contributed by atoms with Crippen LogP contribution in [0.1, 0.15) is 29.8 Å². The molecule has 5 nitrogen and oxygen atoms in total. The number of aromatic nitrogens is 1. The van der Waals surface area contributed by atoms with Crippen molar-refractivity contribution in [3.05, 3.63) is 59.7 Å². The summed E-state index contributed by atoms with van der Waals surface area (Å²) in [5.41, 5.74) is 4.34. The molecule has 1 fully saturated rings. The summed E-state index contributed by atoms with van der Waals surface area (Å²) in [5.74, 6) is 0.817. The first-order valence-corrected chi connectivity index (χ1v) is 9.95. The lowest BCUT2D eigenvalue weighted by molar-refractivity contribution is -0.0585. The second-order valence-electron chi connectivity index (χ2n) is 7.77. The van der Waals surface area contributed by atoms with E-state index in [4.69, 9.17) is 14.5 Å². The molecule has 3 aromatic rings. The van der Waals surface area contributed by atoms with Crippen LogP contribution < -0.4 is 4.74 Å². The van der Waals surface area contributed by atoms with E-state index in [1.807, 2.05) is 74.2 Å². The number of aryl methyl sites for hydroxylation is 1. The van der Waals surface area contributed by atoms with Gasteiger partial charge in [-0.15, -0.1) is 0 Å². The van der Waals surface area contributed by atoms with Crippen LogP contribution in [0.15, 0.2) is 48.5 Å². The van der Waals surface area contributed by atoms with Crippen molar-refractivity contribution in [1.82, 2.24) is 9.88 Å². The number of carbonyl (C=O) groups excluding carboxylic acids is 1. The maximum absolute atomic E-state index is 13.5. The lowest BCUT2D eigenvalue weighted by Crippen LogP contribution is -2.48. The zero-order valence-electron chi connectivity index (χ0n) is 17.3. The molecule has 1 saturated heterocycles. The summed E-state index contributed by atoms with van der Waals surface area (Å²) in [6, 6.07) is 15.7. The van der Waals surface area contributed by atoms with Crippen LogP contribution in [0.3, 0.4) is 0 Å². The number of hydrogen-bond acceptors (Lipinski definition) is 4. The van der Waals surface area contributed by atoms with Crippen LogP contribution in [-0.4, -0.2) is 48.2 Å². The SMILES string of the molecule is COc1ccc(-c2cc(C(=O)N3C[C@H](C)O[C@@H](C)C3)c3cc(C)ccc3n2)cc1. The Kier molecular flexibility index (Phi) is 5.24. The van der Waals surface area contributed by atoms with E-state index >= 15 is 0 Å². The second kappa shape index (κ2) is 7.84. The van der Waals surface area contributed by atoms with E-state index in [1.165, 1.54) is 0 Å². The van der Waals surface area contributed by atoms with Crippen molar-refractivity contribution in [2.75, 3.05) is 20.2 Å². The van der Waals surface area contributed by atoms with Crippen LogP contribution in [0.2, 0.25) is 0 Å². The first-order valence-electron chi connectivity index (χ1n) is 9.95. The molecule has 1 aliphatic heterocycles. The van der Waals surface area contributed by atoms with Crippen LogP contribution in [0.25, 0.3) is 22.2 Å². The molecule has 0 aliphatic carbocycles. The highest BCUT2D eigenvalue weighted by Crippen LogP contribution is 2.28. The van der Waals surface area contributed by atoms with Crippen molar-refractivity contribution in [3.8, 4) is 17.0 Å². The third-order valence-electron chi connectivity index (χ3n) is 5.29. The number of methoxy groups -OCH3 is 1. The lowest BCUT2D eigenvalue weighted by Gasteiger charge is -2.35. The molecule has 0 radical (unpaired) electrons. The standard InChI is InChI=1S/C24H26N2O3/c1-15-5-10-22-20(11-15)21(24(27)26-13-16(2)29-17(3)14-26)12-23(25-22)18-6-8-19(28-4)9-7-18/h5-12,16-17H,13-14H2,1-4H3/t16-,17-/m0/s1. The summed E-state index contributed by atoms with van der Waals surface area (Å²) in [6.07, 6.45) is 0.0530. The summed E-state index contributed by atoms with van der Waals surface area (Å²) >= 11 is 0. The molecule has 0 spiro atoms. The molecule has 29 heavy (non-hydrogen) atoms. The quantitative estimate of drug-likeness (QED) is 0.662. The lowest BCUT2D eigenvalue weighted by atomic mass is 10.0. The average Bonchev–Trinajstić information content (AvgIpc) is 2.72. The summed E-state index contributed by atoms with van der Waals surface area (Å²) in [7, 11) is 1.65. The minimum atomic E-state index is 0.0265. The summed E-state index contributed by atoms with van der Waals surface area (Å²) in [5, 5.41) is 0.888. The van der Waals surface area contributed by atoms with E-state index in [0.717, 1.165) is 33.5 Å². The van der Waals surface area contributed by atoms with Crippen molar-refractivity contribution in [2.45, 2.75) is 33.0 Å². The van der Waals surface area contributed by atoms with Gasteiger partial charge in [-0.1, -0.05) is 11.6 Å². The van der Waals surface area contributed by atoms with E-state index in [1.54, 1.807) is 7.11 Å². The second-order valence-corrected chi connectivity index (χ2v) is 7.77. The van der Waals surface area contributed by atoms with Gasteiger partial charge in [-0.3, -0.25) is 4.79 Å². The molecule has 0 unspecified atom stereocenters. The number of morpholine rings is 1. The molecule has 150 valence electrons. The van der Waals surface area contributed by atoms with Gasteiger partial charge in [0, 0.05) is 24.0 Å². The van der Waals surface area contributed by atoms with Crippen molar-refractivity contribution < 1.29 is 14.3 Å². The molecular formula is C24H26N2O3. The molecule has 2 aromatic carbocycles. The van der Waals surface area contributed by atoms with Gasteiger partial charge >= 0.3 is 0 Å². The number of ether oxygens (including phenoxy) is 2. The fraction of sp³-hybridized carbons (Fsp3) is 0.333. The number of nitrogens with zero attached hydrogens (tertiary/aromatic N) is 2. The van der Waals surface area contributed by atoms with Gasteiger partial charge in [-0.2, -0.15) is 0 Å². The van der Waals surface area contributed by atoms with Gasteiger partial charge in [-0.05, 0) is 63.2 Å². The number of pyridine rings is 1. The Hall–Kier alpha value is -2.92. The number of rotatable bonds is 3. The number of amides is 1. The highest BCUT2D eigenvalue weighted by molar-refractivity contribution is 6.07. The van der Waals surface area contributed by atoms with Gasteiger partial charge in [0.25, 0.3) is 5.91 Å². The number of carbonyl (C=O) groups is 1. The third kappa shape index (κ3) is 3.96. The van der Waals surface area contributed by atoms with Crippen LogP contribution in [0.4, 0.5) is 0 Å². The highest BCUT2D eigenvalue weighted by Gasteiger charge is 2.28. The Morgan fingerprint density at radius 2 is 1.76 bits per heavy atom. The number of fused-ring (bicyclic) bond motifs is 1. The predicted octanol–water partition coefficient (Wildman–Crippen LogP) is 4.47. The minimum Gasteiger partial charge on any atom is -0.497 e. The predicted molar refractivity (Wildman–Crippen MR) is 114 cm³/mol. The molecule has 2 atom stereocenters. The van der Waals surface area contributed by atoms with Crippen molar-refractivity contribution >= 4 is 16.8 Å². The molecule has 1 aliphatic rings. The maximum Gasteiger partial charge on any atom is 0.254 e. The molecule has 0 bridgehead atoms. The average molecular weight is 390 g/mol. The third-order valence-corrected chi connectivity index (χ3v) is 5.29. The fourth-order valence-corrected chi connectivity index (χ4v) is 3.94. The molecule has 5 heteroatoms. The van der Waals surface area contributed by atoms with Gasteiger partial charge in [0.15, 0.2) is 0 Å². The molecule has 0 saturated carbocycles. The van der Waals surface area contributed by atoms with Gasteiger partial charge in [0.1, 0.15) is 5.75 Å². The Balaban J connectivity index is 1.82. The van der Waals surface area contributed by atoms with E-state index in [9.17, 15) is 4.79 Å². The van der Waals surface area contributed by atoms with E-state index in [0.29, 0.717) is 18.7 Å². The Labute approximate surface area is 171 Å². The molecule has 1 amide bonds. The molecular weight excluding hydrogens is 364 g/mol. The molecule has 4 rings (SSSR count).